The van der Waals surface area contributed by atoms with Gasteiger partial charge in [0, 0.05) is 21.6 Å². The average Bonchev–Trinajstić information content (AvgIpc) is 2.65. The van der Waals surface area contributed by atoms with E-state index in [2.05, 4.69) is 21.2 Å². The summed E-state index contributed by atoms with van der Waals surface area (Å²) in [5, 5.41) is 3.52. The van der Waals surface area contributed by atoms with Crippen molar-refractivity contribution in [2.75, 3.05) is 6.61 Å². The molecule has 0 radical (unpaired) electrons. The number of benzene rings is 2. The molecule has 0 aliphatic carbocycles. The molecule has 2 aromatic rings. The Hall–Kier alpha value is -2.05. The Labute approximate surface area is 185 Å². The van der Waals surface area contributed by atoms with Gasteiger partial charge in [0.2, 0.25) is 5.91 Å². The highest BCUT2D eigenvalue weighted by molar-refractivity contribution is 9.10. The molecule has 0 fully saturated rings. The number of halogens is 2. The van der Waals surface area contributed by atoms with Crippen LogP contribution in [0.25, 0.3) is 0 Å². The van der Waals surface area contributed by atoms with Crippen LogP contribution in [0.15, 0.2) is 53.0 Å². The van der Waals surface area contributed by atoms with Crippen LogP contribution in [-0.2, 0) is 16.1 Å². The van der Waals surface area contributed by atoms with Gasteiger partial charge >= 0.3 is 0 Å². The van der Waals surface area contributed by atoms with E-state index in [0.717, 1.165) is 10.0 Å². The molecule has 0 saturated heterocycles. The van der Waals surface area contributed by atoms with Crippen LogP contribution in [0.1, 0.15) is 33.3 Å². The summed E-state index contributed by atoms with van der Waals surface area (Å²) in [5.41, 5.74) is 0.528. The number of carbonyl (C=O) groups is 2. The number of hydrogen-bond acceptors (Lipinski definition) is 3. The van der Waals surface area contributed by atoms with Crippen LogP contribution in [0.5, 0.6) is 5.75 Å². The molecule has 2 rings (SSSR count). The van der Waals surface area contributed by atoms with E-state index < -0.39 is 11.6 Å². The predicted octanol–water partition coefficient (Wildman–Crippen LogP) is 4.81. The van der Waals surface area contributed by atoms with E-state index in [1.54, 1.807) is 31.2 Å². The monoisotopic (exact) mass is 480 g/mol. The molecule has 2 amide bonds. The first-order valence-electron chi connectivity index (χ1n) is 9.29. The number of amides is 2. The molecule has 29 heavy (non-hydrogen) atoms. The number of ether oxygens (including phenoxy) is 1. The summed E-state index contributed by atoms with van der Waals surface area (Å²) in [4.78, 5) is 27.2. The Morgan fingerprint density at radius 1 is 1.10 bits per heavy atom. The Morgan fingerprint density at radius 3 is 2.24 bits per heavy atom. The molecule has 0 saturated carbocycles. The van der Waals surface area contributed by atoms with Gasteiger partial charge in [-0.25, -0.2) is 0 Å². The van der Waals surface area contributed by atoms with Crippen molar-refractivity contribution in [3.63, 3.8) is 0 Å². The van der Waals surface area contributed by atoms with E-state index in [-0.39, 0.29) is 18.4 Å². The Kier molecular flexibility index (Phi) is 8.11. The van der Waals surface area contributed by atoms with Crippen LogP contribution in [0.3, 0.4) is 0 Å². The number of hydrogen-bond donors (Lipinski definition) is 1. The predicted molar refractivity (Wildman–Crippen MR) is 119 cm³/mol. The molecule has 0 bridgehead atoms. The number of nitrogens with one attached hydrogen (secondary N) is 1. The highest BCUT2D eigenvalue weighted by Gasteiger charge is 2.28. The molecule has 1 N–H and O–H groups in total. The summed E-state index contributed by atoms with van der Waals surface area (Å²) in [6, 6.07) is 13.8. The Balaban J connectivity index is 2.15. The minimum atomic E-state index is -0.654. The third-order valence-corrected chi connectivity index (χ3v) is 4.89. The van der Waals surface area contributed by atoms with Crippen LogP contribution in [0.2, 0.25) is 5.02 Å². The van der Waals surface area contributed by atoms with Crippen molar-refractivity contribution in [2.24, 2.45) is 0 Å². The van der Waals surface area contributed by atoms with Gasteiger partial charge in [-0.1, -0.05) is 39.7 Å². The lowest BCUT2D eigenvalue weighted by molar-refractivity contribution is -0.142. The van der Waals surface area contributed by atoms with Crippen molar-refractivity contribution in [3.05, 3.63) is 63.6 Å². The zero-order chi connectivity index (χ0) is 21.6. The van der Waals surface area contributed by atoms with E-state index >= 15 is 0 Å². The van der Waals surface area contributed by atoms with Crippen LogP contribution in [0.4, 0.5) is 0 Å². The fourth-order valence-electron chi connectivity index (χ4n) is 2.60. The molecule has 1 atom stereocenters. The molecule has 0 aromatic heterocycles. The minimum Gasteiger partial charge on any atom is -0.484 e. The summed E-state index contributed by atoms with van der Waals surface area (Å²) in [7, 11) is 0. The number of carbonyl (C=O) groups excluding carboxylic acids is 2. The molecule has 0 heterocycles. The van der Waals surface area contributed by atoms with Gasteiger partial charge in [0.05, 0.1) is 0 Å². The summed E-state index contributed by atoms with van der Waals surface area (Å²) in [5.74, 6) is 0.0482. The molecule has 0 unspecified atom stereocenters. The molecule has 0 aliphatic heterocycles. The van der Waals surface area contributed by atoms with E-state index in [1.165, 1.54) is 4.90 Å². The number of nitrogens with zero attached hydrogens (tertiary/aromatic N) is 1. The van der Waals surface area contributed by atoms with Gasteiger partial charge in [0.25, 0.3) is 5.91 Å². The van der Waals surface area contributed by atoms with E-state index in [1.807, 2.05) is 45.0 Å². The van der Waals surface area contributed by atoms with Gasteiger partial charge in [-0.15, -0.1) is 0 Å². The molecule has 2 aromatic carbocycles. The maximum Gasteiger partial charge on any atom is 0.261 e. The maximum absolute atomic E-state index is 13.0. The lowest BCUT2D eigenvalue weighted by atomic mass is 10.1. The van der Waals surface area contributed by atoms with E-state index in [0.29, 0.717) is 17.3 Å². The lowest BCUT2D eigenvalue weighted by Crippen LogP contribution is -2.53. The zero-order valence-corrected chi connectivity index (χ0v) is 19.4. The largest absolute Gasteiger partial charge is 0.484 e. The smallest absolute Gasteiger partial charge is 0.261 e. The average molecular weight is 482 g/mol. The normalized spacial score (nSPS) is 12.2. The SMILES string of the molecule is C[C@H](C(=O)NC(C)(C)C)N(Cc1ccc(Br)cc1)C(=O)COc1ccc(Cl)cc1. The third kappa shape index (κ3) is 7.71. The molecule has 156 valence electrons. The first-order valence-corrected chi connectivity index (χ1v) is 10.5. The fraction of sp³-hybridized carbons (Fsp3) is 0.364. The van der Waals surface area contributed by atoms with Crippen molar-refractivity contribution < 1.29 is 14.3 Å². The quantitative estimate of drug-likeness (QED) is 0.617. The second kappa shape index (κ2) is 10.1. The molecule has 0 aliphatic rings. The van der Waals surface area contributed by atoms with Crippen LogP contribution in [-0.4, -0.2) is 34.9 Å². The molecule has 0 spiro atoms. The molecule has 7 heteroatoms. The number of rotatable bonds is 7. The molecular formula is C22H26BrClN2O3. The van der Waals surface area contributed by atoms with Gasteiger partial charge in [0.1, 0.15) is 11.8 Å². The topological polar surface area (TPSA) is 58.6 Å². The lowest BCUT2D eigenvalue weighted by Gasteiger charge is -2.31. The van der Waals surface area contributed by atoms with Crippen LogP contribution < -0.4 is 10.1 Å². The Morgan fingerprint density at radius 2 is 1.69 bits per heavy atom. The second-order valence-corrected chi connectivity index (χ2v) is 9.16. The highest BCUT2D eigenvalue weighted by atomic mass is 79.9. The van der Waals surface area contributed by atoms with E-state index in [4.69, 9.17) is 16.3 Å². The van der Waals surface area contributed by atoms with Crippen molar-refractivity contribution in [1.82, 2.24) is 10.2 Å². The van der Waals surface area contributed by atoms with Crippen LogP contribution in [0, 0.1) is 0 Å². The highest BCUT2D eigenvalue weighted by Crippen LogP contribution is 2.17. The third-order valence-electron chi connectivity index (χ3n) is 4.11. The van der Waals surface area contributed by atoms with Gasteiger partial charge in [-0.05, 0) is 69.7 Å². The first kappa shape index (κ1) is 23.2. The fourth-order valence-corrected chi connectivity index (χ4v) is 2.99. The van der Waals surface area contributed by atoms with Crippen molar-refractivity contribution in [2.45, 2.75) is 45.8 Å². The Bertz CT molecular complexity index is 833. The zero-order valence-electron chi connectivity index (χ0n) is 17.0. The van der Waals surface area contributed by atoms with Gasteiger partial charge < -0.3 is 15.0 Å². The van der Waals surface area contributed by atoms with Crippen molar-refractivity contribution in [1.29, 1.82) is 0 Å². The maximum atomic E-state index is 13.0. The summed E-state index contributed by atoms with van der Waals surface area (Å²) >= 11 is 9.28. The van der Waals surface area contributed by atoms with Gasteiger partial charge in [-0.2, -0.15) is 0 Å². The molecule has 5 nitrogen and oxygen atoms in total. The summed E-state index contributed by atoms with van der Waals surface area (Å²) < 4.78 is 6.55. The second-order valence-electron chi connectivity index (χ2n) is 7.81. The van der Waals surface area contributed by atoms with Crippen molar-refractivity contribution in [3.8, 4) is 5.75 Å². The molecular weight excluding hydrogens is 456 g/mol. The minimum absolute atomic E-state index is 0.175. The standard InChI is InChI=1S/C22H26BrClN2O3/c1-15(21(28)25-22(2,3)4)26(13-16-5-7-17(23)8-6-16)20(27)14-29-19-11-9-18(24)10-12-19/h5-12,15H,13-14H2,1-4H3,(H,25,28)/t15-/m1/s1. The van der Waals surface area contributed by atoms with Crippen molar-refractivity contribution >= 4 is 39.3 Å². The van der Waals surface area contributed by atoms with Crippen LogP contribution >= 0.6 is 27.5 Å². The first-order chi connectivity index (χ1) is 13.5. The summed E-state index contributed by atoms with van der Waals surface area (Å²) in [6.07, 6.45) is 0. The van der Waals surface area contributed by atoms with Gasteiger partial charge in [0.15, 0.2) is 6.61 Å². The van der Waals surface area contributed by atoms with E-state index in [9.17, 15) is 9.59 Å². The van der Waals surface area contributed by atoms with Gasteiger partial charge in [-0.3, -0.25) is 9.59 Å². The summed E-state index contributed by atoms with van der Waals surface area (Å²) in [6.45, 7) is 7.56.